The first kappa shape index (κ1) is 23.4. The zero-order valence-electron chi connectivity index (χ0n) is 16.5. The molecule has 0 heterocycles. The second-order valence-corrected chi connectivity index (χ2v) is 6.52. The van der Waals surface area contributed by atoms with Gasteiger partial charge in [-0.1, -0.05) is 54.6 Å². The number of halogens is 1. The predicted octanol–water partition coefficient (Wildman–Crippen LogP) is 1.89. The van der Waals surface area contributed by atoms with E-state index in [1.165, 1.54) is 0 Å². The van der Waals surface area contributed by atoms with E-state index < -0.39 is 0 Å². The summed E-state index contributed by atoms with van der Waals surface area (Å²) in [4.78, 5) is 12.2. The maximum Gasteiger partial charge on any atom is 0.338 e. The van der Waals surface area contributed by atoms with E-state index in [1.54, 1.807) is 0 Å². The number of quaternary nitrogens is 1. The van der Waals surface area contributed by atoms with Crippen LogP contribution in [0, 0.1) is 0 Å². The highest BCUT2D eigenvalue weighted by Gasteiger charge is 2.21. The van der Waals surface area contributed by atoms with E-state index in [0.29, 0.717) is 12.2 Å². The number of hydrogen-bond donors (Lipinski definition) is 0. The summed E-state index contributed by atoms with van der Waals surface area (Å²) in [6, 6.07) is 17.7. The average molecular weight is 479 g/mol. The molecule has 146 valence electrons. The fraction of sp³-hybridized carbons (Fsp3) is 0.348. The van der Waals surface area contributed by atoms with Crippen molar-refractivity contribution >= 4 is 18.1 Å². The van der Waals surface area contributed by atoms with E-state index in [-0.39, 0.29) is 29.9 Å². The lowest BCUT2D eigenvalue weighted by atomic mass is 10.1. The summed E-state index contributed by atoms with van der Waals surface area (Å²) in [5.41, 5.74) is 2.81. The molecular formula is C23H30INO2. The smallest absolute Gasteiger partial charge is 0.338 e. The van der Waals surface area contributed by atoms with Crippen molar-refractivity contribution in [1.82, 2.24) is 0 Å². The Morgan fingerprint density at radius 1 is 0.852 bits per heavy atom. The molecule has 0 aliphatic heterocycles. The van der Waals surface area contributed by atoms with Crippen molar-refractivity contribution in [2.24, 2.45) is 0 Å². The highest BCUT2D eigenvalue weighted by atomic mass is 127. The Hall–Kier alpha value is -1.66. The minimum Gasteiger partial charge on any atom is -1.00 e. The van der Waals surface area contributed by atoms with Crippen LogP contribution in [-0.2, 0) is 4.74 Å². The molecule has 0 unspecified atom stereocenters. The van der Waals surface area contributed by atoms with Gasteiger partial charge in [-0.05, 0) is 44.0 Å². The summed E-state index contributed by atoms with van der Waals surface area (Å²) >= 11 is 0. The summed E-state index contributed by atoms with van der Waals surface area (Å²) in [5.74, 6) is -0.245. The molecule has 27 heavy (non-hydrogen) atoms. The molecule has 0 saturated carbocycles. The molecule has 0 aromatic heterocycles. The summed E-state index contributed by atoms with van der Waals surface area (Å²) in [7, 11) is 0. The van der Waals surface area contributed by atoms with Crippen LogP contribution in [0.4, 0.5) is 0 Å². The van der Waals surface area contributed by atoms with Crippen molar-refractivity contribution in [3.63, 3.8) is 0 Å². The molecule has 0 radical (unpaired) electrons. The maximum atomic E-state index is 12.2. The van der Waals surface area contributed by atoms with Crippen molar-refractivity contribution in [1.29, 1.82) is 0 Å². The van der Waals surface area contributed by atoms with Gasteiger partial charge < -0.3 is 33.2 Å². The van der Waals surface area contributed by atoms with Crippen LogP contribution in [0.3, 0.4) is 0 Å². The summed E-state index contributed by atoms with van der Waals surface area (Å²) < 4.78 is 6.47. The molecular weight excluding hydrogens is 449 g/mol. The highest BCUT2D eigenvalue weighted by molar-refractivity contribution is 5.89. The van der Waals surface area contributed by atoms with Gasteiger partial charge >= 0.3 is 5.97 Å². The van der Waals surface area contributed by atoms with Crippen LogP contribution in [0.15, 0.2) is 54.6 Å². The van der Waals surface area contributed by atoms with Gasteiger partial charge in [-0.25, -0.2) is 4.79 Å². The fourth-order valence-electron chi connectivity index (χ4n) is 3.05. The second-order valence-electron chi connectivity index (χ2n) is 6.52. The average Bonchev–Trinajstić information content (AvgIpc) is 2.71. The van der Waals surface area contributed by atoms with Gasteiger partial charge in [0.25, 0.3) is 0 Å². The molecule has 2 rings (SSSR count). The minimum absolute atomic E-state index is 0. The lowest BCUT2D eigenvalue weighted by molar-refractivity contribution is -0.923. The molecule has 0 aliphatic carbocycles. The minimum atomic E-state index is -0.245. The van der Waals surface area contributed by atoms with Gasteiger partial charge in [-0.2, -0.15) is 0 Å². The number of likely N-dealkylation sites (N-methyl/N-ethyl adjacent to an activating group) is 1. The van der Waals surface area contributed by atoms with E-state index >= 15 is 0 Å². The van der Waals surface area contributed by atoms with Gasteiger partial charge in [-0.3, -0.25) is 0 Å². The number of rotatable bonds is 9. The van der Waals surface area contributed by atoms with Crippen molar-refractivity contribution in [3.8, 4) is 0 Å². The Balaban J connectivity index is 0.00000364. The van der Waals surface area contributed by atoms with E-state index in [9.17, 15) is 4.79 Å². The first-order chi connectivity index (χ1) is 12.6. The van der Waals surface area contributed by atoms with Crippen LogP contribution in [0.1, 0.15) is 42.3 Å². The first-order valence-electron chi connectivity index (χ1n) is 9.48. The lowest BCUT2D eigenvalue weighted by Gasteiger charge is -2.35. The quantitative estimate of drug-likeness (QED) is 0.238. The summed E-state index contributed by atoms with van der Waals surface area (Å²) in [5, 5.41) is 0. The Morgan fingerprint density at radius 3 is 1.89 bits per heavy atom. The monoisotopic (exact) mass is 479 g/mol. The normalized spacial score (nSPS) is 11.2. The lowest BCUT2D eigenvalue weighted by Crippen LogP contribution is -3.00. The van der Waals surface area contributed by atoms with Crippen molar-refractivity contribution in [2.45, 2.75) is 20.8 Å². The van der Waals surface area contributed by atoms with E-state index in [1.807, 2.05) is 48.5 Å². The number of carbonyl (C=O) groups excluding carboxylic acids is 1. The molecule has 0 amide bonds. The molecule has 2 aromatic carbocycles. The third-order valence-electron chi connectivity index (χ3n) is 5.23. The molecule has 4 heteroatoms. The maximum absolute atomic E-state index is 12.2. The zero-order valence-corrected chi connectivity index (χ0v) is 18.7. The molecule has 2 aromatic rings. The zero-order chi connectivity index (χ0) is 18.8. The Morgan fingerprint density at radius 2 is 1.37 bits per heavy atom. The Bertz CT molecular complexity index is 699. The van der Waals surface area contributed by atoms with Crippen LogP contribution in [0.2, 0.25) is 0 Å². The molecule has 0 aliphatic rings. The molecule has 0 bridgehead atoms. The standard InChI is InChI=1S/C23H30NO2.HI/c1-4-24(5-2,6-3)18-19-26-23(25)22-16-14-21(15-17-22)13-12-20-10-8-7-9-11-20;/h7-17H,4-6,18-19H2,1-3H3;1H/q+1;/p-1/b13-12+;. The van der Waals surface area contributed by atoms with Crippen LogP contribution in [0.5, 0.6) is 0 Å². The van der Waals surface area contributed by atoms with E-state index in [4.69, 9.17) is 4.74 Å². The molecule has 3 nitrogen and oxygen atoms in total. The number of hydrogen-bond acceptors (Lipinski definition) is 2. The van der Waals surface area contributed by atoms with Gasteiger partial charge in [0, 0.05) is 0 Å². The molecule has 0 spiro atoms. The molecule has 0 N–H and O–H groups in total. The third-order valence-corrected chi connectivity index (χ3v) is 5.23. The predicted molar refractivity (Wildman–Crippen MR) is 109 cm³/mol. The number of benzene rings is 2. The summed E-state index contributed by atoms with van der Waals surface area (Å²) in [6.45, 7) is 11.1. The number of esters is 1. The Labute approximate surface area is 180 Å². The van der Waals surface area contributed by atoms with Crippen molar-refractivity contribution in [2.75, 3.05) is 32.8 Å². The molecule has 0 saturated heterocycles. The molecule has 0 fully saturated rings. The second kappa shape index (κ2) is 11.9. The van der Waals surface area contributed by atoms with Crippen LogP contribution in [-0.4, -0.2) is 43.2 Å². The van der Waals surface area contributed by atoms with Crippen LogP contribution < -0.4 is 24.0 Å². The SMILES string of the molecule is CC[N+](CC)(CC)CCOC(=O)c1ccc(/C=C/c2ccccc2)cc1.[I-]. The fourth-order valence-corrected chi connectivity index (χ4v) is 3.05. The third kappa shape index (κ3) is 7.11. The van der Waals surface area contributed by atoms with Crippen LogP contribution >= 0.6 is 0 Å². The number of ether oxygens (including phenoxy) is 1. The van der Waals surface area contributed by atoms with Gasteiger partial charge in [0.2, 0.25) is 0 Å². The van der Waals surface area contributed by atoms with Crippen molar-refractivity contribution < 1.29 is 38.0 Å². The van der Waals surface area contributed by atoms with Crippen LogP contribution in [0.25, 0.3) is 12.2 Å². The van der Waals surface area contributed by atoms with Gasteiger partial charge in [0.05, 0.1) is 25.2 Å². The number of carbonyl (C=O) groups is 1. The molecule has 0 atom stereocenters. The van der Waals surface area contributed by atoms with Crippen molar-refractivity contribution in [3.05, 3.63) is 71.3 Å². The summed E-state index contributed by atoms with van der Waals surface area (Å²) in [6.07, 6.45) is 4.10. The topological polar surface area (TPSA) is 26.3 Å². The highest BCUT2D eigenvalue weighted by Crippen LogP contribution is 2.11. The van der Waals surface area contributed by atoms with E-state index in [0.717, 1.165) is 41.8 Å². The number of nitrogens with zero attached hydrogens (tertiary/aromatic N) is 1. The van der Waals surface area contributed by atoms with Gasteiger partial charge in [-0.15, -0.1) is 0 Å². The first-order valence-corrected chi connectivity index (χ1v) is 9.48. The largest absolute Gasteiger partial charge is 1.00 e. The Kier molecular flexibility index (Phi) is 10.3. The van der Waals surface area contributed by atoms with Gasteiger partial charge in [0.15, 0.2) is 0 Å². The van der Waals surface area contributed by atoms with E-state index in [2.05, 4.69) is 39.0 Å². The van der Waals surface area contributed by atoms with Gasteiger partial charge in [0.1, 0.15) is 13.2 Å².